The SMILES string of the molecule is CCOC(=O)NCc1ccc2cn[nH]c2c1. The van der Waals surface area contributed by atoms with Crippen molar-refractivity contribution in [3.8, 4) is 0 Å². The molecular weight excluding hydrogens is 206 g/mol. The molecule has 2 N–H and O–H groups in total. The molecule has 0 bridgehead atoms. The monoisotopic (exact) mass is 219 g/mol. The van der Waals surface area contributed by atoms with Crippen molar-refractivity contribution >= 4 is 17.0 Å². The van der Waals surface area contributed by atoms with E-state index >= 15 is 0 Å². The Morgan fingerprint density at radius 3 is 3.25 bits per heavy atom. The largest absolute Gasteiger partial charge is 0.450 e. The van der Waals surface area contributed by atoms with E-state index in [0.29, 0.717) is 13.2 Å². The molecule has 5 nitrogen and oxygen atoms in total. The van der Waals surface area contributed by atoms with Gasteiger partial charge >= 0.3 is 6.09 Å². The number of hydrogen-bond donors (Lipinski definition) is 2. The highest BCUT2D eigenvalue weighted by atomic mass is 16.5. The molecule has 1 aromatic carbocycles. The van der Waals surface area contributed by atoms with Crippen LogP contribution in [0.25, 0.3) is 10.9 Å². The summed E-state index contributed by atoms with van der Waals surface area (Å²) in [6.45, 7) is 2.61. The van der Waals surface area contributed by atoms with Crippen LogP contribution in [0.3, 0.4) is 0 Å². The summed E-state index contributed by atoms with van der Waals surface area (Å²) in [5.74, 6) is 0. The van der Waals surface area contributed by atoms with Crippen LogP contribution in [-0.2, 0) is 11.3 Å². The minimum Gasteiger partial charge on any atom is -0.450 e. The van der Waals surface area contributed by atoms with Crippen LogP contribution in [-0.4, -0.2) is 22.9 Å². The van der Waals surface area contributed by atoms with E-state index in [4.69, 9.17) is 4.74 Å². The molecule has 0 atom stereocenters. The second-order valence-electron chi connectivity index (χ2n) is 3.37. The molecule has 5 heteroatoms. The number of nitrogens with zero attached hydrogens (tertiary/aromatic N) is 1. The summed E-state index contributed by atoms with van der Waals surface area (Å²) in [6, 6.07) is 5.86. The molecule has 0 radical (unpaired) electrons. The first kappa shape index (κ1) is 10.5. The van der Waals surface area contributed by atoms with E-state index in [0.717, 1.165) is 16.5 Å². The van der Waals surface area contributed by atoms with Crippen LogP contribution in [0, 0.1) is 0 Å². The average Bonchev–Trinajstić information content (AvgIpc) is 2.74. The second kappa shape index (κ2) is 4.65. The van der Waals surface area contributed by atoms with Crippen LogP contribution in [0.15, 0.2) is 24.4 Å². The molecule has 84 valence electrons. The summed E-state index contributed by atoms with van der Waals surface area (Å²) >= 11 is 0. The van der Waals surface area contributed by atoms with Crippen molar-refractivity contribution in [3.63, 3.8) is 0 Å². The highest BCUT2D eigenvalue weighted by Crippen LogP contribution is 2.12. The molecule has 1 amide bonds. The molecule has 1 aromatic heterocycles. The Morgan fingerprint density at radius 2 is 2.44 bits per heavy atom. The molecule has 0 unspecified atom stereocenters. The maximum Gasteiger partial charge on any atom is 0.407 e. The van der Waals surface area contributed by atoms with E-state index in [9.17, 15) is 4.79 Å². The number of aromatic amines is 1. The fourth-order valence-electron chi connectivity index (χ4n) is 1.45. The predicted octanol–water partition coefficient (Wildman–Crippen LogP) is 1.81. The van der Waals surface area contributed by atoms with Gasteiger partial charge in [-0.1, -0.05) is 12.1 Å². The van der Waals surface area contributed by atoms with E-state index in [1.165, 1.54) is 0 Å². The molecule has 0 aliphatic rings. The highest BCUT2D eigenvalue weighted by molar-refractivity contribution is 5.78. The summed E-state index contributed by atoms with van der Waals surface area (Å²) < 4.78 is 4.77. The average molecular weight is 219 g/mol. The number of aromatic nitrogens is 2. The number of amides is 1. The smallest absolute Gasteiger partial charge is 0.407 e. The number of carbonyl (C=O) groups excluding carboxylic acids is 1. The Hall–Kier alpha value is -2.04. The lowest BCUT2D eigenvalue weighted by molar-refractivity contribution is 0.151. The third-order valence-corrected chi connectivity index (χ3v) is 2.22. The van der Waals surface area contributed by atoms with E-state index < -0.39 is 6.09 Å². The maximum absolute atomic E-state index is 11.1. The van der Waals surface area contributed by atoms with Gasteiger partial charge in [0.2, 0.25) is 0 Å². The van der Waals surface area contributed by atoms with Gasteiger partial charge in [-0.15, -0.1) is 0 Å². The highest BCUT2D eigenvalue weighted by Gasteiger charge is 2.01. The van der Waals surface area contributed by atoms with Gasteiger partial charge in [-0.3, -0.25) is 5.10 Å². The van der Waals surface area contributed by atoms with E-state index in [2.05, 4.69) is 15.5 Å². The van der Waals surface area contributed by atoms with Crippen LogP contribution in [0.1, 0.15) is 12.5 Å². The van der Waals surface area contributed by atoms with Crippen LogP contribution in [0.2, 0.25) is 0 Å². The van der Waals surface area contributed by atoms with Gasteiger partial charge < -0.3 is 10.1 Å². The van der Waals surface area contributed by atoms with Gasteiger partial charge in [-0.25, -0.2) is 4.79 Å². The van der Waals surface area contributed by atoms with E-state index in [1.54, 1.807) is 13.1 Å². The van der Waals surface area contributed by atoms with Crippen molar-refractivity contribution in [2.45, 2.75) is 13.5 Å². The van der Waals surface area contributed by atoms with Crippen molar-refractivity contribution in [1.82, 2.24) is 15.5 Å². The van der Waals surface area contributed by atoms with Crippen molar-refractivity contribution in [3.05, 3.63) is 30.0 Å². The van der Waals surface area contributed by atoms with Crippen LogP contribution in [0.4, 0.5) is 4.79 Å². The number of H-pyrrole nitrogens is 1. The van der Waals surface area contributed by atoms with E-state index in [-0.39, 0.29) is 0 Å². The normalized spacial score (nSPS) is 10.3. The van der Waals surface area contributed by atoms with Gasteiger partial charge in [0.25, 0.3) is 0 Å². The van der Waals surface area contributed by atoms with Gasteiger partial charge in [0, 0.05) is 11.9 Å². The lowest BCUT2D eigenvalue weighted by Gasteiger charge is -2.05. The van der Waals surface area contributed by atoms with Crippen molar-refractivity contribution < 1.29 is 9.53 Å². The molecule has 2 rings (SSSR count). The third-order valence-electron chi connectivity index (χ3n) is 2.22. The number of carbonyl (C=O) groups is 1. The molecule has 0 spiro atoms. The Morgan fingerprint density at radius 1 is 1.56 bits per heavy atom. The Kier molecular flexibility index (Phi) is 3.05. The molecule has 0 aliphatic carbocycles. The maximum atomic E-state index is 11.1. The lowest BCUT2D eigenvalue weighted by atomic mass is 10.2. The zero-order valence-corrected chi connectivity index (χ0v) is 8.99. The summed E-state index contributed by atoms with van der Waals surface area (Å²) in [4.78, 5) is 11.1. The van der Waals surface area contributed by atoms with E-state index in [1.807, 2.05) is 18.2 Å². The first-order valence-electron chi connectivity index (χ1n) is 5.12. The summed E-state index contributed by atoms with van der Waals surface area (Å²) in [5.41, 5.74) is 1.97. The number of nitrogens with one attached hydrogen (secondary N) is 2. The van der Waals surface area contributed by atoms with Crippen molar-refractivity contribution in [2.75, 3.05) is 6.61 Å². The Balaban J connectivity index is 2.01. The Labute approximate surface area is 92.8 Å². The Bertz CT molecular complexity index is 493. The molecule has 0 aliphatic heterocycles. The first-order chi connectivity index (χ1) is 7.79. The number of fused-ring (bicyclic) bond motifs is 1. The molecule has 16 heavy (non-hydrogen) atoms. The summed E-state index contributed by atoms with van der Waals surface area (Å²) in [6.07, 6.45) is 1.37. The molecule has 0 fully saturated rings. The summed E-state index contributed by atoms with van der Waals surface area (Å²) in [5, 5.41) is 10.5. The number of alkyl carbamates (subject to hydrolysis) is 1. The van der Waals surface area contributed by atoms with Gasteiger partial charge in [0.1, 0.15) is 0 Å². The molecule has 0 saturated heterocycles. The van der Waals surface area contributed by atoms with Crippen LogP contribution >= 0.6 is 0 Å². The van der Waals surface area contributed by atoms with Crippen LogP contribution < -0.4 is 5.32 Å². The topological polar surface area (TPSA) is 67.0 Å². The molecule has 0 saturated carbocycles. The molecule has 1 heterocycles. The minimum absolute atomic E-state index is 0.380. The second-order valence-corrected chi connectivity index (χ2v) is 3.37. The number of ether oxygens (including phenoxy) is 1. The van der Waals surface area contributed by atoms with Crippen molar-refractivity contribution in [2.24, 2.45) is 0 Å². The fraction of sp³-hybridized carbons (Fsp3) is 0.273. The van der Waals surface area contributed by atoms with Gasteiger partial charge in [-0.05, 0) is 18.6 Å². The molecular formula is C11H13N3O2. The number of hydrogen-bond acceptors (Lipinski definition) is 3. The predicted molar refractivity (Wildman–Crippen MR) is 60.0 cm³/mol. The molecule has 2 aromatic rings. The zero-order valence-electron chi connectivity index (χ0n) is 8.99. The van der Waals surface area contributed by atoms with Gasteiger partial charge in [0.05, 0.1) is 18.3 Å². The number of rotatable bonds is 3. The first-order valence-corrected chi connectivity index (χ1v) is 5.12. The standard InChI is InChI=1S/C11H13N3O2/c1-2-16-11(15)12-6-8-3-4-9-7-13-14-10(9)5-8/h3-5,7H,2,6H2,1H3,(H,12,15)(H,13,14). The lowest BCUT2D eigenvalue weighted by Crippen LogP contribution is -2.23. The quantitative estimate of drug-likeness (QED) is 0.827. The zero-order chi connectivity index (χ0) is 11.4. The van der Waals surface area contributed by atoms with Gasteiger partial charge in [0.15, 0.2) is 0 Å². The van der Waals surface area contributed by atoms with Crippen LogP contribution in [0.5, 0.6) is 0 Å². The minimum atomic E-state index is -0.396. The third kappa shape index (κ3) is 2.31. The number of benzene rings is 1. The fourth-order valence-corrected chi connectivity index (χ4v) is 1.45. The van der Waals surface area contributed by atoms with Gasteiger partial charge in [-0.2, -0.15) is 5.10 Å². The summed E-state index contributed by atoms with van der Waals surface area (Å²) in [7, 11) is 0. The van der Waals surface area contributed by atoms with Crippen molar-refractivity contribution in [1.29, 1.82) is 0 Å².